The number of hydrogen-bond donors (Lipinski definition) is 1. The van der Waals surface area contributed by atoms with Crippen LogP contribution in [0.1, 0.15) is 30.9 Å². The maximum Gasteiger partial charge on any atom is 0.131 e. The van der Waals surface area contributed by atoms with Gasteiger partial charge in [0.05, 0.1) is 7.11 Å². The van der Waals surface area contributed by atoms with Crippen molar-refractivity contribution in [3.8, 4) is 5.75 Å². The van der Waals surface area contributed by atoms with Gasteiger partial charge in [-0.3, -0.25) is 4.90 Å². The molecule has 3 nitrogen and oxygen atoms in total. The molecule has 2 aliphatic rings. The average Bonchev–Trinajstić information content (AvgIpc) is 3.30. The Bertz CT molecular complexity index is 456. The van der Waals surface area contributed by atoms with E-state index in [4.69, 9.17) is 4.74 Å². The number of rotatable bonds is 5. The van der Waals surface area contributed by atoms with Crippen LogP contribution >= 0.6 is 0 Å². The highest BCUT2D eigenvalue weighted by Gasteiger charge is 2.33. The minimum atomic E-state index is -0.131. The Hall–Kier alpha value is -1.13. The lowest BCUT2D eigenvalue weighted by Crippen LogP contribution is -2.45. The third-order valence-corrected chi connectivity index (χ3v) is 4.41. The van der Waals surface area contributed by atoms with Crippen molar-refractivity contribution in [3.63, 3.8) is 0 Å². The first kappa shape index (κ1) is 13.8. The number of hydrogen-bond acceptors (Lipinski definition) is 3. The second-order valence-electron chi connectivity index (χ2n) is 5.84. The molecule has 1 atom stereocenters. The first-order valence-corrected chi connectivity index (χ1v) is 7.56. The molecule has 0 amide bonds. The molecule has 1 aromatic carbocycles. The summed E-state index contributed by atoms with van der Waals surface area (Å²) in [5.41, 5.74) is 0.754. The van der Waals surface area contributed by atoms with Gasteiger partial charge in [0, 0.05) is 37.8 Å². The number of nitrogens with zero attached hydrogens (tertiary/aromatic N) is 1. The number of benzene rings is 1. The van der Waals surface area contributed by atoms with Gasteiger partial charge in [0.15, 0.2) is 0 Å². The van der Waals surface area contributed by atoms with Gasteiger partial charge in [-0.15, -0.1) is 0 Å². The van der Waals surface area contributed by atoms with Gasteiger partial charge in [-0.1, -0.05) is 18.9 Å². The molecule has 1 saturated heterocycles. The zero-order valence-electron chi connectivity index (χ0n) is 12.1. The van der Waals surface area contributed by atoms with E-state index in [1.807, 2.05) is 6.07 Å². The molecule has 2 fully saturated rings. The van der Waals surface area contributed by atoms with E-state index in [0.29, 0.717) is 5.75 Å². The zero-order valence-corrected chi connectivity index (χ0v) is 12.1. The molecule has 1 aromatic rings. The Labute approximate surface area is 120 Å². The predicted molar refractivity (Wildman–Crippen MR) is 77.5 cm³/mol. The SMILES string of the molecule is COc1cccc(F)c1[C@@H](CC1CC1)N1CCNCC1. The normalized spacial score (nSPS) is 21.7. The van der Waals surface area contributed by atoms with Crippen molar-refractivity contribution in [1.82, 2.24) is 10.2 Å². The quantitative estimate of drug-likeness (QED) is 0.896. The molecule has 110 valence electrons. The van der Waals surface area contributed by atoms with Crippen molar-refractivity contribution in [3.05, 3.63) is 29.6 Å². The fourth-order valence-electron chi connectivity index (χ4n) is 3.13. The van der Waals surface area contributed by atoms with Gasteiger partial charge >= 0.3 is 0 Å². The molecule has 1 N–H and O–H groups in total. The fraction of sp³-hybridized carbons (Fsp3) is 0.625. The van der Waals surface area contributed by atoms with Crippen LogP contribution in [0.15, 0.2) is 18.2 Å². The second kappa shape index (κ2) is 6.10. The van der Waals surface area contributed by atoms with Gasteiger partial charge in [0.2, 0.25) is 0 Å². The third-order valence-electron chi connectivity index (χ3n) is 4.41. The third kappa shape index (κ3) is 2.96. The summed E-state index contributed by atoms with van der Waals surface area (Å²) in [5, 5.41) is 3.37. The van der Waals surface area contributed by atoms with Crippen molar-refractivity contribution in [2.24, 2.45) is 5.92 Å². The van der Waals surface area contributed by atoms with Crippen LogP contribution in [0, 0.1) is 11.7 Å². The minimum Gasteiger partial charge on any atom is -0.496 e. The molecule has 20 heavy (non-hydrogen) atoms. The zero-order chi connectivity index (χ0) is 13.9. The van der Waals surface area contributed by atoms with Crippen LogP contribution < -0.4 is 10.1 Å². The van der Waals surface area contributed by atoms with E-state index in [9.17, 15) is 4.39 Å². The summed E-state index contributed by atoms with van der Waals surface area (Å²) < 4.78 is 19.8. The van der Waals surface area contributed by atoms with Crippen molar-refractivity contribution in [2.75, 3.05) is 33.3 Å². The minimum absolute atomic E-state index is 0.131. The number of methoxy groups -OCH3 is 1. The van der Waals surface area contributed by atoms with Crippen molar-refractivity contribution >= 4 is 0 Å². The summed E-state index contributed by atoms with van der Waals surface area (Å²) in [6.45, 7) is 3.93. The Morgan fingerprint density at radius 3 is 2.75 bits per heavy atom. The molecule has 0 spiro atoms. The van der Waals surface area contributed by atoms with Crippen LogP contribution in [0.25, 0.3) is 0 Å². The van der Waals surface area contributed by atoms with Crippen LogP contribution in [-0.2, 0) is 0 Å². The van der Waals surface area contributed by atoms with Crippen LogP contribution in [0.4, 0.5) is 4.39 Å². The van der Waals surface area contributed by atoms with Crippen LogP contribution in [-0.4, -0.2) is 38.2 Å². The number of piperazine rings is 1. The summed E-state index contributed by atoms with van der Waals surface area (Å²) in [5.74, 6) is 1.32. The molecule has 3 rings (SSSR count). The summed E-state index contributed by atoms with van der Waals surface area (Å²) in [7, 11) is 1.63. The van der Waals surface area contributed by atoms with Crippen LogP contribution in [0.5, 0.6) is 5.75 Å². The topological polar surface area (TPSA) is 24.5 Å². The molecular weight excluding hydrogens is 255 g/mol. The molecule has 0 unspecified atom stereocenters. The van der Waals surface area contributed by atoms with Crippen molar-refractivity contribution < 1.29 is 9.13 Å². The Kier molecular flexibility index (Phi) is 4.22. The lowest BCUT2D eigenvalue weighted by atomic mass is 9.97. The van der Waals surface area contributed by atoms with E-state index >= 15 is 0 Å². The van der Waals surface area contributed by atoms with Gasteiger partial charge in [0.25, 0.3) is 0 Å². The Morgan fingerprint density at radius 1 is 1.35 bits per heavy atom. The maximum absolute atomic E-state index is 14.4. The van der Waals surface area contributed by atoms with E-state index in [1.54, 1.807) is 19.2 Å². The standard InChI is InChI=1S/C16H23FN2O/c1-20-15-4-2-3-13(17)16(15)14(11-12-5-6-12)19-9-7-18-8-10-19/h2-4,12,14,18H,5-11H2,1H3/t14-/m1/s1. The smallest absolute Gasteiger partial charge is 0.131 e. The summed E-state index contributed by atoms with van der Waals surface area (Å²) in [6.07, 6.45) is 3.63. The molecule has 4 heteroatoms. The number of nitrogens with one attached hydrogen (secondary N) is 1. The fourth-order valence-corrected chi connectivity index (χ4v) is 3.13. The lowest BCUT2D eigenvalue weighted by Gasteiger charge is -2.36. The highest BCUT2D eigenvalue weighted by molar-refractivity contribution is 5.37. The van der Waals surface area contributed by atoms with Gasteiger partial charge in [-0.25, -0.2) is 4.39 Å². The molecule has 1 aliphatic carbocycles. The van der Waals surface area contributed by atoms with Crippen molar-refractivity contribution in [2.45, 2.75) is 25.3 Å². The van der Waals surface area contributed by atoms with Gasteiger partial charge < -0.3 is 10.1 Å². The molecular formula is C16H23FN2O. The van der Waals surface area contributed by atoms with Crippen LogP contribution in [0.2, 0.25) is 0 Å². The van der Waals surface area contributed by atoms with E-state index in [-0.39, 0.29) is 11.9 Å². The van der Waals surface area contributed by atoms with E-state index < -0.39 is 0 Å². The molecule has 1 heterocycles. The van der Waals surface area contributed by atoms with Crippen LogP contribution in [0.3, 0.4) is 0 Å². The molecule has 1 aliphatic heterocycles. The monoisotopic (exact) mass is 278 g/mol. The first-order valence-electron chi connectivity index (χ1n) is 7.56. The van der Waals surface area contributed by atoms with Gasteiger partial charge in [-0.05, 0) is 24.5 Å². The van der Waals surface area contributed by atoms with Gasteiger partial charge in [-0.2, -0.15) is 0 Å². The molecule has 1 saturated carbocycles. The summed E-state index contributed by atoms with van der Waals surface area (Å²) in [4.78, 5) is 2.41. The second-order valence-corrected chi connectivity index (χ2v) is 5.84. The Morgan fingerprint density at radius 2 is 2.10 bits per heavy atom. The summed E-state index contributed by atoms with van der Waals surface area (Å²) in [6, 6.07) is 5.31. The largest absolute Gasteiger partial charge is 0.496 e. The van der Waals surface area contributed by atoms with E-state index in [0.717, 1.165) is 44.1 Å². The molecule has 0 aromatic heterocycles. The number of ether oxygens (including phenoxy) is 1. The first-order chi connectivity index (χ1) is 9.79. The molecule has 0 bridgehead atoms. The highest BCUT2D eigenvalue weighted by atomic mass is 19.1. The van der Waals surface area contributed by atoms with Crippen molar-refractivity contribution in [1.29, 1.82) is 0 Å². The van der Waals surface area contributed by atoms with E-state index in [1.165, 1.54) is 12.8 Å². The number of halogens is 1. The summed E-state index contributed by atoms with van der Waals surface area (Å²) >= 11 is 0. The van der Waals surface area contributed by atoms with Gasteiger partial charge in [0.1, 0.15) is 11.6 Å². The maximum atomic E-state index is 14.4. The highest BCUT2D eigenvalue weighted by Crippen LogP contribution is 2.43. The lowest BCUT2D eigenvalue weighted by molar-refractivity contribution is 0.154. The van der Waals surface area contributed by atoms with E-state index in [2.05, 4.69) is 10.2 Å². The molecule has 0 radical (unpaired) electrons. The predicted octanol–water partition coefficient (Wildman–Crippen LogP) is 2.58. The Balaban J connectivity index is 1.90. The average molecular weight is 278 g/mol.